The maximum atomic E-state index is 11.1. The molecule has 15 heavy (non-hydrogen) atoms. The fourth-order valence-electron chi connectivity index (χ4n) is 0.905. The van der Waals surface area contributed by atoms with E-state index in [1.54, 1.807) is 24.5 Å². The van der Waals surface area contributed by atoms with Crippen molar-refractivity contribution in [2.24, 2.45) is 0 Å². The third-order valence-corrected chi connectivity index (χ3v) is 2.29. The third kappa shape index (κ3) is 2.89. The first kappa shape index (κ1) is 11.4. The van der Waals surface area contributed by atoms with Gasteiger partial charge in [-0.25, -0.2) is 4.79 Å². The third-order valence-electron chi connectivity index (χ3n) is 1.63. The number of esters is 1. The number of halogens is 1. The summed E-state index contributed by atoms with van der Waals surface area (Å²) in [7, 11) is 1.23. The number of carbonyl (C=O) groups is 1. The molecule has 5 heteroatoms. The van der Waals surface area contributed by atoms with E-state index in [4.69, 9.17) is 5.26 Å². The highest BCUT2D eigenvalue weighted by Gasteiger charge is 2.09. The second kappa shape index (κ2) is 5.27. The minimum absolute atomic E-state index is 0.0515. The van der Waals surface area contributed by atoms with Gasteiger partial charge in [-0.1, -0.05) is 0 Å². The molecule has 0 aliphatic heterocycles. The number of hydrogen-bond donors (Lipinski definition) is 0. The highest BCUT2D eigenvalue weighted by atomic mass is 79.9. The summed E-state index contributed by atoms with van der Waals surface area (Å²) in [4.78, 5) is 15.0. The van der Waals surface area contributed by atoms with Crippen LogP contribution in [0.5, 0.6) is 0 Å². The van der Waals surface area contributed by atoms with Crippen LogP contribution in [0.2, 0.25) is 0 Å². The molecule has 1 rings (SSSR count). The van der Waals surface area contributed by atoms with Crippen molar-refractivity contribution in [1.29, 1.82) is 5.26 Å². The Morgan fingerprint density at radius 3 is 3.00 bits per heavy atom. The molecular formula is C10H7BrN2O2. The Morgan fingerprint density at radius 2 is 2.47 bits per heavy atom. The molecule has 1 aromatic rings. The first-order valence-corrected chi connectivity index (χ1v) is 4.78. The fraction of sp³-hybridized carbons (Fsp3) is 0.100. The second-order valence-electron chi connectivity index (χ2n) is 2.56. The molecule has 0 radical (unpaired) electrons. The largest absolute Gasteiger partial charge is 0.465 e. The van der Waals surface area contributed by atoms with Crippen LogP contribution in [0.1, 0.15) is 5.56 Å². The second-order valence-corrected chi connectivity index (χ2v) is 3.41. The van der Waals surface area contributed by atoms with Gasteiger partial charge in [-0.15, -0.1) is 0 Å². The molecule has 0 aliphatic rings. The molecule has 0 fully saturated rings. The molecule has 1 heterocycles. The van der Waals surface area contributed by atoms with Crippen LogP contribution in [0.3, 0.4) is 0 Å². The van der Waals surface area contributed by atoms with Crippen LogP contribution in [0.15, 0.2) is 28.5 Å². The maximum absolute atomic E-state index is 11.1. The van der Waals surface area contributed by atoms with Crippen molar-refractivity contribution in [2.75, 3.05) is 7.11 Å². The summed E-state index contributed by atoms with van der Waals surface area (Å²) in [6.45, 7) is 0. The van der Waals surface area contributed by atoms with Gasteiger partial charge < -0.3 is 4.74 Å². The van der Waals surface area contributed by atoms with E-state index >= 15 is 0 Å². The first-order chi connectivity index (χ1) is 7.19. The topological polar surface area (TPSA) is 63.0 Å². The molecule has 0 saturated heterocycles. The van der Waals surface area contributed by atoms with E-state index < -0.39 is 5.97 Å². The van der Waals surface area contributed by atoms with Crippen molar-refractivity contribution in [3.63, 3.8) is 0 Å². The van der Waals surface area contributed by atoms with Crippen molar-refractivity contribution >= 4 is 28.0 Å². The zero-order valence-corrected chi connectivity index (χ0v) is 9.48. The zero-order chi connectivity index (χ0) is 11.3. The summed E-state index contributed by atoms with van der Waals surface area (Å²) in [5.74, 6) is -0.652. The summed E-state index contributed by atoms with van der Waals surface area (Å²) >= 11 is 3.26. The molecule has 4 nitrogen and oxygen atoms in total. The lowest BCUT2D eigenvalue weighted by atomic mass is 10.2. The number of aromatic nitrogens is 1. The molecule has 0 bridgehead atoms. The van der Waals surface area contributed by atoms with Crippen LogP contribution in [0, 0.1) is 11.3 Å². The molecule has 1 aromatic heterocycles. The van der Waals surface area contributed by atoms with Gasteiger partial charge in [0.1, 0.15) is 11.6 Å². The predicted octanol–water partition coefficient (Wildman–Crippen LogP) is 1.92. The number of methoxy groups -OCH3 is 1. The molecule has 0 N–H and O–H groups in total. The van der Waals surface area contributed by atoms with E-state index in [9.17, 15) is 4.79 Å². The number of nitrogens with zero attached hydrogens (tertiary/aromatic N) is 2. The van der Waals surface area contributed by atoms with Crippen molar-refractivity contribution in [1.82, 2.24) is 4.98 Å². The van der Waals surface area contributed by atoms with E-state index in [1.165, 1.54) is 13.2 Å². The van der Waals surface area contributed by atoms with E-state index in [-0.39, 0.29) is 5.57 Å². The van der Waals surface area contributed by atoms with Gasteiger partial charge in [0.15, 0.2) is 0 Å². The van der Waals surface area contributed by atoms with Crippen LogP contribution in [0.4, 0.5) is 0 Å². The normalized spacial score (nSPS) is 10.6. The van der Waals surface area contributed by atoms with Crippen LogP contribution in [0.25, 0.3) is 6.08 Å². The maximum Gasteiger partial charge on any atom is 0.348 e. The average Bonchev–Trinajstić information content (AvgIpc) is 2.27. The Balaban J connectivity index is 3.11. The van der Waals surface area contributed by atoms with Crippen LogP contribution >= 0.6 is 15.9 Å². The summed E-state index contributed by atoms with van der Waals surface area (Å²) < 4.78 is 5.16. The lowest BCUT2D eigenvalue weighted by Gasteiger charge is -1.98. The lowest BCUT2D eigenvalue weighted by Crippen LogP contribution is -2.02. The van der Waals surface area contributed by atoms with Gasteiger partial charge >= 0.3 is 5.97 Å². The highest BCUT2D eigenvalue weighted by molar-refractivity contribution is 9.10. The number of ether oxygens (including phenoxy) is 1. The summed E-state index contributed by atoms with van der Waals surface area (Å²) in [6, 6.07) is 3.46. The van der Waals surface area contributed by atoms with Crippen LogP contribution in [-0.4, -0.2) is 18.1 Å². The summed E-state index contributed by atoms with van der Waals surface area (Å²) in [5.41, 5.74) is 0.649. The Labute approximate surface area is 95.3 Å². The van der Waals surface area contributed by atoms with Gasteiger partial charge in [-0.05, 0) is 33.6 Å². The SMILES string of the molecule is COC(=O)/C(C#N)=C/c1ccncc1Br. The predicted molar refractivity (Wildman–Crippen MR) is 57.5 cm³/mol. The molecule has 76 valence electrons. The minimum atomic E-state index is -0.652. The monoisotopic (exact) mass is 266 g/mol. The standard InChI is InChI=1S/C10H7BrN2O2/c1-15-10(14)8(5-12)4-7-2-3-13-6-9(7)11/h2-4,6H,1H3/b8-4+. The Kier molecular flexibility index (Phi) is 4.01. The molecule has 0 spiro atoms. The van der Waals surface area contributed by atoms with E-state index in [2.05, 4.69) is 25.7 Å². The van der Waals surface area contributed by atoms with Gasteiger partial charge in [0.2, 0.25) is 0 Å². The molecular weight excluding hydrogens is 260 g/mol. The smallest absolute Gasteiger partial charge is 0.348 e. The van der Waals surface area contributed by atoms with Gasteiger partial charge in [0.05, 0.1) is 7.11 Å². The minimum Gasteiger partial charge on any atom is -0.465 e. The van der Waals surface area contributed by atoms with Crippen molar-refractivity contribution < 1.29 is 9.53 Å². The van der Waals surface area contributed by atoms with Crippen LogP contribution < -0.4 is 0 Å². The van der Waals surface area contributed by atoms with Crippen molar-refractivity contribution in [2.45, 2.75) is 0 Å². The van der Waals surface area contributed by atoms with E-state index in [1.807, 2.05) is 0 Å². The summed E-state index contributed by atoms with van der Waals surface area (Å²) in [6.07, 6.45) is 4.60. The van der Waals surface area contributed by atoms with Gasteiger partial charge in [-0.2, -0.15) is 5.26 Å². The van der Waals surface area contributed by atoms with Crippen molar-refractivity contribution in [3.8, 4) is 6.07 Å². The summed E-state index contributed by atoms with van der Waals surface area (Å²) in [5, 5.41) is 8.73. The molecule has 0 aromatic carbocycles. The number of carbonyl (C=O) groups excluding carboxylic acids is 1. The number of hydrogen-bond acceptors (Lipinski definition) is 4. The number of nitriles is 1. The van der Waals surface area contributed by atoms with E-state index in [0.717, 1.165) is 0 Å². The number of pyridine rings is 1. The first-order valence-electron chi connectivity index (χ1n) is 3.98. The molecule has 0 atom stereocenters. The Morgan fingerprint density at radius 1 is 1.73 bits per heavy atom. The fourth-order valence-corrected chi connectivity index (χ4v) is 1.27. The Bertz CT molecular complexity index is 449. The van der Waals surface area contributed by atoms with E-state index in [0.29, 0.717) is 10.0 Å². The lowest BCUT2D eigenvalue weighted by molar-refractivity contribution is -0.135. The quantitative estimate of drug-likeness (QED) is 0.466. The number of rotatable bonds is 2. The van der Waals surface area contributed by atoms with Crippen LogP contribution in [-0.2, 0) is 9.53 Å². The van der Waals surface area contributed by atoms with Crippen molar-refractivity contribution in [3.05, 3.63) is 34.1 Å². The molecule has 0 aliphatic carbocycles. The average molecular weight is 267 g/mol. The molecule has 0 amide bonds. The Hall–Kier alpha value is -1.67. The van der Waals surface area contributed by atoms with Gasteiger partial charge in [0.25, 0.3) is 0 Å². The molecule has 0 saturated carbocycles. The molecule has 0 unspecified atom stereocenters. The highest BCUT2D eigenvalue weighted by Crippen LogP contribution is 2.17. The van der Waals surface area contributed by atoms with Gasteiger partial charge in [0, 0.05) is 16.9 Å². The van der Waals surface area contributed by atoms with Gasteiger partial charge in [-0.3, -0.25) is 4.98 Å². The zero-order valence-electron chi connectivity index (χ0n) is 7.90.